The van der Waals surface area contributed by atoms with Gasteiger partial charge in [-0.05, 0) is 57.5 Å². The molecule has 3 nitrogen and oxygen atoms in total. The van der Waals surface area contributed by atoms with Gasteiger partial charge in [0.25, 0.3) is 0 Å². The van der Waals surface area contributed by atoms with Crippen LogP contribution in [0.4, 0.5) is 0 Å². The first-order valence-corrected chi connectivity index (χ1v) is 11.0. The topological polar surface area (TPSA) is 32.3 Å². The van der Waals surface area contributed by atoms with E-state index in [-0.39, 0.29) is 4.75 Å². The van der Waals surface area contributed by atoms with Crippen molar-refractivity contribution in [3.63, 3.8) is 0 Å². The van der Waals surface area contributed by atoms with Crippen molar-refractivity contribution in [2.75, 3.05) is 25.9 Å². The molecular formula is C18H34N2OS. The van der Waals surface area contributed by atoms with Gasteiger partial charge >= 0.3 is 0 Å². The smallest absolute Gasteiger partial charge is 0.0580 e. The maximum Gasteiger partial charge on any atom is 0.0580 e. The summed E-state index contributed by atoms with van der Waals surface area (Å²) in [5.41, 5.74) is 0. The zero-order valence-electron chi connectivity index (χ0n) is 14.5. The van der Waals surface area contributed by atoms with Gasteiger partial charge in [-0.15, -0.1) is 0 Å². The van der Waals surface area contributed by atoms with Crippen molar-refractivity contribution in [1.82, 2.24) is 10.2 Å². The van der Waals surface area contributed by atoms with E-state index in [1.165, 1.54) is 58.0 Å². The van der Waals surface area contributed by atoms with Crippen molar-refractivity contribution in [2.45, 2.75) is 81.5 Å². The van der Waals surface area contributed by atoms with E-state index in [1.54, 1.807) is 0 Å². The molecule has 1 heterocycles. The number of likely N-dealkylation sites (tertiary alicyclic amines) is 1. The van der Waals surface area contributed by atoms with Crippen molar-refractivity contribution in [1.29, 1.82) is 0 Å². The summed E-state index contributed by atoms with van der Waals surface area (Å²) < 4.78 is 12.1. The molecule has 0 aromatic carbocycles. The summed E-state index contributed by atoms with van der Waals surface area (Å²) in [5, 5.41) is 3.76. The lowest BCUT2D eigenvalue weighted by molar-refractivity contribution is 0.0805. The predicted octanol–water partition coefficient (Wildman–Crippen LogP) is 2.92. The molecular weight excluding hydrogens is 292 g/mol. The number of hydrogen-bond donors (Lipinski definition) is 1. The van der Waals surface area contributed by atoms with Crippen molar-refractivity contribution in [3.05, 3.63) is 0 Å². The molecule has 0 aromatic rings. The van der Waals surface area contributed by atoms with Crippen LogP contribution >= 0.6 is 0 Å². The highest BCUT2D eigenvalue weighted by Crippen LogP contribution is 2.37. The van der Waals surface area contributed by atoms with E-state index in [0.29, 0.717) is 6.04 Å². The fourth-order valence-electron chi connectivity index (χ4n) is 4.74. The Hall–Kier alpha value is 0.0700. The van der Waals surface area contributed by atoms with Gasteiger partial charge in [0, 0.05) is 35.7 Å². The first kappa shape index (κ1) is 16.9. The lowest BCUT2D eigenvalue weighted by Gasteiger charge is -2.44. The van der Waals surface area contributed by atoms with Crippen LogP contribution in [0, 0.1) is 5.92 Å². The van der Waals surface area contributed by atoms with E-state index in [2.05, 4.69) is 17.1 Å². The van der Waals surface area contributed by atoms with Crippen LogP contribution in [0.2, 0.25) is 0 Å². The Labute approximate surface area is 139 Å². The molecule has 0 radical (unpaired) electrons. The third-order valence-electron chi connectivity index (χ3n) is 6.65. The summed E-state index contributed by atoms with van der Waals surface area (Å²) in [5.74, 6) is 0.888. The third-order valence-corrected chi connectivity index (χ3v) is 8.42. The summed E-state index contributed by atoms with van der Waals surface area (Å²) in [7, 11) is -0.675. The van der Waals surface area contributed by atoms with Crippen LogP contribution in [0.3, 0.4) is 0 Å². The molecule has 1 aliphatic heterocycles. The van der Waals surface area contributed by atoms with E-state index in [4.69, 9.17) is 0 Å². The summed E-state index contributed by atoms with van der Waals surface area (Å²) >= 11 is 0. The monoisotopic (exact) mass is 326 g/mol. The number of nitrogens with one attached hydrogen (secondary N) is 1. The van der Waals surface area contributed by atoms with E-state index in [9.17, 15) is 4.21 Å². The molecule has 0 amide bonds. The standard InChI is InChI=1S/C18H34N2OS/c1-15-6-3-4-7-17(15)20-12-8-16(9-13-20)19-14-18(22(2)21)10-5-11-18/h15-17,19H,3-14H2,1-2H3. The average molecular weight is 327 g/mol. The summed E-state index contributed by atoms with van der Waals surface area (Å²) in [6.07, 6.45) is 13.7. The zero-order chi connectivity index (χ0) is 15.6. The van der Waals surface area contributed by atoms with Crippen molar-refractivity contribution in [2.24, 2.45) is 5.92 Å². The summed E-state index contributed by atoms with van der Waals surface area (Å²) in [6, 6.07) is 1.49. The fraction of sp³-hybridized carbons (Fsp3) is 1.00. The average Bonchev–Trinajstić information content (AvgIpc) is 2.47. The normalized spacial score (nSPS) is 35.0. The largest absolute Gasteiger partial charge is 0.312 e. The van der Waals surface area contributed by atoms with Crippen LogP contribution in [0.1, 0.15) is 64.7 Å². The highest BCUT2D eigenvalue weighted by molar-refractivity contribution is 7.85. The van der Waals surface area contributed by atoms with Gasteiger partial charge in [-0.3, -0.25) is 4.21 Å². The predicted molar refractivity (Wildman–Crippen MR) is 94.7 cm³/mol. The second-order valence-electron chi connectivity index (χ2n) is 8.01. The van der Waals surface area contributed by atoms with Gasteiger partial charge in [0.1, 0.15) is 0 Å². The lowest BCUT2D eigenvalue weighted by Crippen LogP contribution is -2.54. The van der Waals surface area contributed by atoms with Gasteiger partial charge in [0.05, 0.1) is 4.75 Å². The van der Waals surface area contributed by atoms with Crippen molar-refractivity contribution in [3.8, 4) is 0 Å². The minimum atomic E-state index is -0.675. The van der Waals surface area contributed by atoms with Crippen LogP contribution in [0.5, 0.6) is 0 Å². The molecule has 2 saturated carbocycles. The number of nitrogens with zero attached hydrogens (tertiary/aromatic N) is 1. The zero-order valence-corrected chi connectivity index (χ0v) is 15.3. The molecule has 0 spiro atoms. The molecule has 3 unspecified atom stereocenters. The van der Waals surface area contributed by atoms with Crippen LogP contribution in [0.15, 0.2) is 0 Å². The van der Waals surface area contributed by atoms with Crippen LogP contribution in [-0.4, -0.2) is 51.8 Å². The molecule has 128 valence electrons. The highest BCUT2D eigenvalue weighted by Gasteiger charge is 2.41. The molecule has 1 N–H and O–H groups in total. The van der Waals surface area contributed by atoms with Gasteiger partial charge in [-0.1, -0.05) is 26.2 Å². The quantitative estimate of drug-likeness (QED) is 0.843. The molecule has 3 fully saturated rings. The Morgan fingerprint density at radius 3 is 2.32 bits per heavy atom. The van der Waals surface area contributed by atoms with Crippen LogP contribution in [0.25, 0.3) is 0 Å². The van der Waals surface area contributed by atoms with E-state index in [1.807, 2.05) is 6.26 Å². The molecule has 1 saturated heterocycles. The molecule has 3 aliphatic rings. The summed E-state index contributed by atoms with van der Waals surface area (Å²) in [4.78, 5) is 2.76. The van der Waals surface area contributed by atoms with Crippen molar-refractivity contribution >= 4 is 10.8 Å². The second-order valence-corrected chi connectivity index (χ2v) is 9.79. The van der Waals surface area contributed by atoms with E-state index >= 15 is 0 Å². The first-order valence-electron chi connectivity index (χ1n) is 9.42. The maximum absolute atomic E-state index is 12.0. The Kier molecular flexibility index (Phi) is 5.62. The number of piperidine rings is 1. The van der Waals surface area contributed by atoms with Crippen molar-refractivity contribution < 1.29 is 4.21 Å². The number of hydrogen-bond acceptors (Lipinski definition) is 3. The van der Waals surface area contributed by atoms with Gasteiger partial charge in [0.15, 0.2) is 0 Å². The molecule has 22 heavy (non-hydrogen) atoms. The lowest BCUT2D eigenvalue weighted by atomic mass is 9.83. The Bertz CT molecular complexity index is 389. The van der Waals surface area contributed by atoms with Gasteiger partial charge in [-0.2, -0.15) is 0 Å². The fourth-order valence-corrected chi connectivity index (χ4v) is 5.89. The van der Waals surface area contributed by atoms with Gasteiger partial charge < -0.3 is 10.2 Å². The van der Waals surface area contributed by atoms with Crippen LogP contribution < -0.4 is 5.32 Å². The van der Waals surface area contributed by atoms with Gasteiger partial charge in [-0.25, -0.2) is 0 Å². The van der Waals surface area contributed by atoms with E-state index in [0.717, 1.165) is 31.3 Å². The Morgan fingerprint density at radius 2 is 1.77 bits per heavy atom. The Balaban J connectivity index is 1.43. The summed E-state index contributed by atoms with van der Waals surface area (Å²) in [6.45, 7) is 5.94. The molecule has 3 rings (SSSR count). The molecule has 2 aliphatic carbocycles. The van der Waals surface area contributed by atoms with Gasteiger partial charge in [0.2, 0.25) is 0 Å². The van der Waals surface area contributed by atoms with E-state index < -0.39 is 10.8 Å². The Morgan fingerprint density at radius 1 is 1.09 bits per heavy atom. The maximum atomic E-state index is 12.0. The molecule has 4 heteroatoms. The highest BCUT2D eigenvalue weighted by atomic mass is 32.2. The molecule has 0 bridgehead atoms. The molecule has 0 aromatic heterocycles. The SMILES string of the molecule is CC1CCCCC1N1CCC(NCC2(S(C)=O)CCC2)CC1. The molecule has 3 atom stereocenters. The third kappa shape index (κ3) is 3.59. The second kappa shape index (κ2) is 7.31. The first-order chi connectivity index (χ1) is 10.6. The minimum absolute atomic E-state index is 0.106. The number of rotatable bonds is 5. The van der Waals surface area contributed by atoms with Crippen LogP contribution in [-0.2, 0) is 10.8 Å². The minimum Gasteiger partial charge on any atom is -0.312 e.